The Bertz CT molecular complexity index is 1250. The van der Waals surface area contributed by atoms with Crippen molar-refractivity contribution in [1.29, 1.82) is 0 Å². The van der Waals surface area contributed by atoms with Gasteiger partial charge in [0.2, 0.25) is 17.7 Å². The van der Waals surface area contributed by atoms with Gasteiger partial charge in [0.1, 0.15) is 23.9 Å². The van der Waals surface area contributed by atoms with Crippen LogP contribution in [0.5, 0.6) is 5.75 Å². The first-order valence-electron chi connectivity index (χ1n) is 13.0. The minimum Gasteiger partial charge on any atom is -0.508 e. The molecule has 14 heteroatoms. The Labute approximate surface area is 240 Å². The molecule has 0 aliphatic carbocycles. The van der Waals surface area contributed by atoms with E-state index in [4.69, 9.17) is 15.9 Å². The molecule has 0 aliphatic rings. The van der Waals surface area contributed by atoms with Crippen molar-refractivity contribution in [3.63, 3.8) is 0 Å². The minimum absolute atomic E-state index is 0.0211. The van der Waals surface area contributed by atoms with Crippen molar-refractivity contribution in [2.45, 2.75) is 62.7 Å². The number of carboxylic acid groups (broad SMARTS) is 3. The molecule has 0 saturated carbocycles. The number of carbonyl (C=O) groups excluding carboxylic acids is 3. The molecule has 0 heterocycles. The van der Waals surface area contributed by atoms with Crippen LogP contribution in [0.25, 0.3) is 0 Å². The van der Waals surface area contributed by atoms with Gasteiger partial charge in [-0.25, -0.2) is 4.79 Å². The quantitative estimate of drug-likeness (QED) is 0.120. The van der Waals surface area contributed by atoms with Crippen LogP contribution in [0.15, 0.2) is 54.6 Å². The Balaban J connectivity index is 2.22. The SMILES string of the molecule is NC(Cc1ccc(O)cc1)C(=O)NC(CCC(=O)O)C(=O)NC(Cc1ccccc1)C(=O)NC(CCC(=O)O)C(=O)O. The molecule has 2 rings (SSSR count). The van der Waals surface area contributed by atoms with E-state index < -0.39 is 79.1 Å². The van der Waals surface area contributed by atoms with E-state index in [1.807, 2.05) is 0 Å². The predicted octanol–water partition coefficient (Wildman–Crippen LogP) is -0.227. The molecule has 0 fully saturated rings. The summed E-state index contributed by atoms with van der Waals surface area (Å²) in [7, 11) is 0. The van der Waals surface area contributed by atoms with Crippen LogP contribution in [0.3, 0.4) is 0 Å². The number of aromatic hydroxyl groups is 1. The molecule has 0 saturated heterocycles. The fourth-order valence-corrected chi connectivity index (χ4v) is 3.92. The molecule has 4 unspecified atom stereocenters. The lowest BCUT2D eigenvalue weighted by Crippen LogP contribution is -2.57. The summed E-state index contributed by atoms with van der Waals surface area (Å²) in [4.78, 5) is 73.0. The predicted molar refractivity (Wildman–Crippen MR) is 147 cm³/mol. The van der Waals surface area contributed by atoms with E-state index in [2.05, 4.69) is 16.0 Å². The van der Waals surface area contributed by atoms with Gasteiger partial charge < -0.3 is 42.1 Å². The fourth-order valence-electron chi connectivity index (χ4n) is 3.92. The number of nitrogens with one attached hydrogen (secondary N) is 3. The second kappa shape index (κ2) is 16.3. The smallest absolute Gasteiger partial charge is 0.326 e. The molecule has 3 amide bonds. The van der Waals surface area contributed by atoms with Gasteiger partial charge in [-0.05, 0) is 42.5 Å². The van der Waals surface area contributed by atoms with Crippen molar-refractivity contribution < 1.29 is 49.2 Å². The number of amides is 3. The molecule has 4 atom stereocenters. The summed E-state index contributed by atoms with van der Waals surface area (Å²) < 4.78 is 0. The van der Waals surface area contributed by atoms with Gasteiger partial charge in [0.15, 0.2) is 0 Å². The molecular formula is C28H34N4O10. The highest BCUT2D eigenvalue weighted by Gasteiger charge is 2.31. The number of benzene rings is 2. The lowest BCUT2D eigenvalue weighted by atomic mass is 10.0. The number of hydrogen-bond donors (Lipinski definition) is 8. The van der Waals surface area contributed by atoms with Crippen LogP contribution in [0, 0.1) is 0 Å². The summed E-state index contributed by atoms with van der Waals surface area (Å²) in [6.45, 7) is 0. The van der Waals surface area contributed by atoms with Crippen molar-refractivity contribution in [3.05, 3.63) is 65.7 Å². The van der Waals surface area contributed by atoms with Crippen LogP contribution < -0.4 is 21.7 Å². The number of phenols is 1. The van der Waals surface area contributed by atoms with Crippen LogP contribution in [0.2, 0.25) is 0 Å². The average molecular weight is 587 g/mol. The zero-order chi connectivity index (χ0) is 31.2. The molecule has 0 spiro atoms. The van der Waals surface area contributed by atoms with E-state index in [1.54, 1.807) is 42.5 Å². The van der Waals surface area contributed by atoms with Crippen molar-refractivity contribution in [2.75, 3.05) is 0 Å². The lowest BCUT2D eigenvalue weighted by Gasteiger charge is -2.25. The number of aliphatic carboxylic acids is 3. The Morgan fingerprint density at radius 3 is 1.64 bits per heavy atom. The third-order valence-electron chi connectivity index (χ3n) is 6.19. The second-order valence-corrected chi connectivity index (χ2v) is 9.55. The Kier molecular flexibility index (Phi) is 12.9. The van der Waals surface area contributed by atoms with Crippen molar-refractivity contribution >= 4 is 35.6 Å². The number of hydrogen-bond acceptors (Lipinski definition) is 8. The molecule has 0 radical (unpaired) electrons. The molecular weight excluding hydrogens is 552 g/mol. The zero-order valence-corrected chi connectivity index (χ0v) is 22.6. The highest BCUT2D eigenvalue weighted by Crippen LogP contribution is 2.12. The molecule has 0 aromatic heterocycles. The third-order valence-corrected chi connectivity index (χ3v) is 6.19. The van der Waals surface area contributed by atoms with Crippen LogP contribution in [0.1, 0.15) is 36.8 Å². The van der Waals surface area contributed by atoms with Crippen LogP contribution in [-0.4, -0.2) is 80.2 Å². The van der Waals surface area contributed by atoms with Gasteiger partial charge in [-0.15, -0.1) is 0 Å². The molecule has 0 aliphatic heterocycles. The number of phenolic OH excluding ortho intramolecular Hbond substituents is 1. The van der Waals surface area contributed by atoms with E-state index >= 15 is 0 Å². The van der Waals surface area contributed by atoms with Gasteiger partial charge in [0.25, 0.3) is 0 Å². The maximum atomic E-state index is 13.3. The first-order valence-corrected chi connectivity index (χ1v) is 13.0. The maximum Gasteiger partial charge on any atom is 0.326 e. The number of carboxylic acids is 3. The summed E-state index contributed by atoms with van der Waals surface area (Å²) in [5.41, 5.74) is 7.21. The van der Waals surface area contributed by atoms with E-state index in [0.717, 1.165) is 0 Å². The molecule has 9 N–H and O–H groups in total. The highest BCUT2D eigenvalue weighted by atomic mass is 16.4. The molecule has 42 heavy (non-hydrogen) atoms. The molecule has 0 bridgehead atoms. The van der Waals surface area contributed by atoms with Gasteiger partial charge >= 0.3 is 17.9 Å². The maximum absolute atomic E-state index is 13.3. The summed E-state index contributed by atoms with van der Waals surface area (Å²) in [5.74, 6) is -6.54. The topological polar surface area (TPSA) is 245 Å². The fraction of sp³-hybridized carbons (Fsp3) is 0.357. The average Bonchev–Trinajstić information content (AvgIpc) is 2.93. The van der Waals surface area contributed by atoms with Gasteiger partial charge in [-0.2, -0.15) is 0 Å². The highest BCUT2D eigenvalue weighted by molar-refractivity contribution is 5.94. The van der Waals surface area contributed by atoms with Gasteiger partial charge in [-0.3, -0.25) is 24.0 Å². The molecule has 2 aromatic rings. The third kappa shape index (κ3) is 11.6. The monoisotopic (exact) mass is 586 g/mol. The Hall–Kier alpha value is -4.98. The first-order chi connectivity index (χ1) is 19.8. The van der Waals surface area contributed by atoms with E-state index in [-0.39, 0.29) is 25.0 Å². The molecule has 2 aromatic carbocycles. The zero-order valence-electron chi connectivity index (χ0n) is 22.6. The number of nitrogens with two attached hydrogens (primary N) is 1. The molecule has 226 valence electrons. The second-order valence-electron chi connectivity index (χ2n) is 9.55. The number of rotatable bonds is 17. The summed E-state index contributed by atoms with van der Waals surface area (Å²) in [6.07, 6.45) is -1.82. The van der Waals surface area contributed by atoms with Gasteiger partial charge in [-0.1, -0.05) is 42.5 Å². The summed E-state index contributed by atoms with van der Waals surface area (Å²) in [5, 5.41) is 44.1. The summed E-state index contributed by atoms with van der Waals surface area (Å²) >= 11 is 0. The van der Waals surface area contributed by atoms with E-state index in [9.17, 15) is 39.0 Å². The van der Waals surface area contributed by atoms with Crippen LogP contribution in [-0.2, 0) is 41.6 Å². The van der Waals surface area contributed by atoms with Crippen molar-refractivity contribution in [3.8, 4) is 5.75 Å². The standard InChI is InChI=1S/C28H34N4O10/c29-19(14-17-6-8-18(33)9-7-17)25(38)30-20(10-12-23(34)35)26(39)32-22(15-16-4-2-1-3-5-16)27(40)31-21(28(41)42)11-13-24(36)37/h1-9,19-22,33H,10-15,29H2,(H,30,38)(H,31,40)(H,32,39)(H,34,35)(H,36,37)(H,41,42). The van der Waals surface area contributed by atoms with Crippen molar-refractivity contribution in [1.82, 2.24) is 16.0 Å². The normalized spacial score (nSPS) is 13.5. The van der Waals surface area contributed by atoms with E-state index in [0.29, 0.717) is 11.1 Å². The van der Waals surface area contributed by atoms with Crippen LogP contribution in [0.4, 0.5) is 0 Å². The van der Waals surface area contributed by atoms with Gasteiger partial charge in [0, 0.05) is 19.3 Å². The lowest BCUT2D eigenvalue weighted by molar-refractivity contribution is -0.143. The Morgan fingerprint density at radius 2 is 1.10 bits per heavy atom. The van der Waals surface area contributed by atoms with E-state index in [1.165, 1.54) is 12.1 Å². The molecule has 14 nitrogen and oxygen atoms in total. The largest absolute Gasteiger partial charge is 0.508 e. The van der Waals surface area contributed by atoms with Crippen molar-refractivity contribution in [2.24, 2.45) is 5.73 Å². The number of carbonyl (C=O) groups is 6. The van der Waals surface area contributed by atoms with Crippen LogP contribution >= 0.6 is 0 Å². The first kappa shape index (κ1) is 33.2. The van der Waals surface area contributed by atoms with Gasteiger partial charge in [0.05, 0.1) is 6.04 Å². The Morgan fingerprint density at radius 1 is 0.619 bits per heavy atom. The summed E-state index contributed by atoms with van der Waals surface area (Å²) in [6, 6.07) is 8.92. The minimum atomic E-state index is -1.55.